The lowest BCUT2D eigenvalue weighted by Crippen LogP contribution is -2.03. The summed E-state index contributed by atoms with van der Waals surface area (Å²) in [6, 6.07) is 6.17. The Labute approximate surface area is 93.2 Å². The van der Waals surface area contributed by atoms with Crippen LogP contribution >= 0.6 is 0 Å². The van der Waals surface area contributed by atoms with Gasteiger partial charge in [0.15, 0.2) is 0 Å². The molecule has 0 radical (unpaired) electrons. The van der Waals surface area contributed by atoms with E-state index in [1.807, 2.05) is 6.07 Å². The van der Waals surface area contributed by atoms with Crippen LogP contribution in [0.4, 0.5) is 11.4 Å². The number of hydrogen-bond donors (Lipinski definition) is 1. The summed E-state index contributed by atoms with van der Waals surface area (Å²) in [6.07, 6.45) is 2.42. The summed E-state index contributed by atoms with van der Waals surface area (Å²) < 4.78 is 0. The molecule has 1 N–H and O–H groups in total. The first kappa shape index (κ1) is 11.7. The fourth-order valence-electron chi connectivity index (χ4n) is 1.22. The molecule has 0 saturated heterocycles. The molecule has 0 fully saturated rings. The van der Waals surface area contributed by atoms with Crippen LogP contribution in [0, 0.1) is 21.4 Å². The molecular weight excluding hydrogens is 206 g/mol. The minimum Gasteiger partial charge on any atom is -0.379 e. The molecule has 0 amide bonds. The molecule has 0 aliphatic carbocycles. The summed E-state index contributed by atoms with van der Waals surface area (Å²) in [5.41, 5.74) is 0.737. The number of rotatable bonds is 5. The number of nitriles is 1. The number of nitro groups is 1. The van der Waals surface area contributed by atoms with Crippen molar-refractivity contribution < 1.29 is 4.92 Å². The SMILES string of the molecule is C=CCCNc1cc(C#N)ccc1[N+](=O)[O-]. The fourth-order valence-corrected chi connectivity index (χ4v) is 1.22. The van der Waals surface area contributed by atoms with Crippen molar-refractivity contribution in [2.75, 3.05) is 11.9 Å². The van der Waals surface area contributed by atoms with Crippen LogP contribution in [0.15, 0.2) is 30.9 Å². The van der Waals surface area contributed by atoms with Crippen molar-refractivity contribution in [1.82, 2.24) is 0 Å². The third-order valence-electron chi connectivity index (χ3n) is 1.99. The summed E-state index contributed by atoms with van der Waals surface area (Å²) in [7, 11) is 0. The van der Waals surface area contributed by atoms with Gasteiger partial charge in [0.1, 0.15) is 5.69 Å². The van der Waals surface area contributed by atoms with Crippen molar-refractivity contribution in [1.29, 1.82) is 5.26 Å². The molecule has 0 aliphatic rings. The number of nitrogens with zero attached hydrogens (tertiary/aromatic N) is 2. The predicted molar refractivity (Wildman–Crippen MR) is 61.1 cm³/mol. The molecule has 0 bridgehead atoms. The molecule has 0 unspecified atom stereocenters. The van der Waals surface area contributed by atoms with Gasteiger partial charge in [-0.2, -0.15) is 5.26 Å². The second-order valence-corrected chi connectivity index (χ2v) is 3.10. The zero-order valence-electron chi connectivity index (χ0n) is 8.64. The first-order valence-electron chi connectivity index (χ1n) is 4.72. The Morgan fingerprint density at radius 2 is 2.38 bits per heavy atom. The number of nitrogens with one attached hydrogen (secondary N) is 1. The summed E-state index contributed by atoms with van der Waals surface area (Å²) in [5, 5.41) is 22.3. The highest BCUT2D eigenvalue weighted by Crippen LogP contribution is 2.25. The van der Waals surface area contributed by atoms with Gasteiger partial charge in [0, 0.05) is 12.6 Å². The van der Waals surface area contributed by atoms with E-state index < -0.39 is 4.92 Å². The second-order valence-electron chi connectivity index (χ2n) is 3.10. The molecule has 0 aromatic heterocycles. The average Bonchev–Trinajstić information content (AvgIpc) is 2.29. The molecule has 1 rings (SSSR count). The molecule has 0 heterocycles. The van der Waals surface area contributed by atoms with Gasteiger partial charge in [-0.15, -0.1) is 6.58 Å². The number of hydrogen-bond acceptors (Lipinski definition) is 4. The first-order chi connectivity index (χ1) is 7.69. The Morgan fingerprint density at radius 1 is 1.62 bits per heavy atom. The largest absolute Gasteiger partial charge is 0.379 e. The number of anilines is 1. The smallest absolute Gasteiger partial charge is 0.292 e. The Kier molecular flexibility index (Phi) is 4.04. The van der Waals surface area contributed by atoms with E-state index in [9.17, 15) is 10.1 Å². The maximum Gasteiger partial charge on any atom is 0.292 e. The van der Waals surface area contributed by atoms with E-state index in [4.69, 9.17) is 5.26 Å². The van der Waals surface area contributed by atoms with Gasteiger partial charge in [-0.25, -0.2) is 0 Å². The maximum atomic E-state index is 10.7. The normalized spacial score (nSPS) is 9.19. The molecule has 16 heavy (non-hydrogen) atoms. The van der Waals surface area contributed by atoms with E-state index >= 15 is 0 Å². The van der Waals surface area contributed by atoms with Crippen LogP contribution in [0.25, 0.3) is 0 Å². The van der Waals surface area contributed by atoms with Crippen molar-refractivity contribution in [2.24, 2.45) is 0 Å². The van der Waals surface area contributed by atoms with E-state index in [1.54, 1.807) is 6.08 Å². The van der Waals surface area contributed by atoms with E-state index in [0.717, 1.165) is 0 Å². The van der Waals surface area contributed by atoms with Crippen molar-refractivity contribution in [3.8, 4) is 6.07 Å². The molecule has 5 heteroatoms. The lowest BCUT2D eigenvalue weighted by Gasteiger charge is -2.05. The lowest BCUT2D eigenvalue weighted by molar-refractivity contribution is -0.384. The van der Waals surface area contributed by atoms with Crippen LogP contribution in [-0.4, -0.2) is 11.5 Å². The standard InChI is InChI=1S/C11H11N3O2/c1-2-3-6-13-10-7-9(8-12)4-5-11(10)14(15)16/h2,4-5,7,13H,1,3,6H2. The van der Waals surface area contributed by atoms with Gasteiger partial charge >= 0.3 is 0 Å². The minimum atomic E-state index is -0.475. The minimum absolute atomic E-state index is 0.0249. The fraction of sp³-hybridized carbons (Fsp3) is 0.182. The van der Waals surface area contributed by atoms with Crippen LogP contribution in [-0.2, 0) is 0 Å². The van der Waals surface area contributed by atoms with Gasteiger partial charge in [0.25, 0.3) is 5.69 Å². The Hall–Kier alpha value is -2.35. The molecule has 82 valence electrons. The molecule has 0 aliphatic heterocycles. The number of nitro benzene ring substituents is 1. The van der Waals surface area contributed by atoms with Crippen LogP contribution in [0.3, 0.4) is 0 Å². The zero-order valence-corrected chi connectivity index (χ0v) is 8.64. The Bertz CT molecular complexity index is 449. The Morgan fingerprint density at radius 3 is 2.94 bits per heavy atom. The predicted octanol–water partition coefficient (Wildman–Crippen LogP) is 2.45. The topological polar surface area (TPSA) is 79.0 Å². The summed E-state index contributed by atoms with van der Waals surface area (Å²) >= 11 is 0. The van der Waals surface area contributed by atoms with Crippen molar-refractivity contribution >= 4 is 11.4 Å². The Balaban J connectivity index is 2.96. The lowest BCUT2D eigenvalue weighted by atomic mass is 10.2. The monoisotopic (exact) mass is 217 g/mol. The quantitative estimate of drug-likeness (QED) is 0.355. The van der Waals surface area contributed by atoms with Crippen LogP contribution in [0.1, 0.15) is 12.0 Å². The third kappa shape index (κ3) is 2.82. The van der Waals surface area contributed by atoms with Crippen molar-refractivity contribution in [2.45, 2.75) is 6.42 Å². The average molecular weight is 217 g/mol. The van der Waals surface area contributed by atoms with E-state index in [1.165, 1.54) is 18.2 Å². The number of benzene rings is 1. The highest BCUT2D eigenvalue weighted by Gasteiger charge is 2.13. The van der Waals surface area contributed by atoms with Gasteiger partial charge < -0.3 is 5.32 Å². The van der Waals surface area contributed by atoms with Gasteiger partial charge in [-0.05, 0) is 18.6 Å². The molecule has 0 spiro atoms. The molecule has 0 atom stereocenters. The molecule has 0 saturated carbocycles. The van der Waals surface area contributed by atoms with E-state index in [-0.39, 0.29) is 5.69 Å². The summed E-state index contributed by atoms with van der Waals surface area (Å²) in [4.78, 5) is 10.2. The maximum absolute atomic E-state index is 10.7. The molecule has 1 aromatic rings. The van der Waals surface area contributed by atoms with Crippen molar-refractivity contribution in [3.05, 3.63) is 46.5 Å². The van der Waals surface area contributed by atoms with E-state index in [0.29, 0.717) is 24.2 Å². The van der Waals surface area contributed by atoms with Gasteiger partial charge in [-0.1, -0.05) is 6.08 Å². The van der Waals surface area contributed by atoms with Crippen LogP contribution in [0.5, 0.6) is 0 Å². The molecular formula is C11H11N3O2. The third-order valence-corrected chi connectivity index (χ3v) is 1.99. The van der Waals surface area contributed by atoms with Gasteiger partial charge in [0.2, 0.25) is 0 Å². The van der Waals surface area contributed by atoms with Gasteiger partial charge in [-0.3, -0.25) is 10.1 Å². The first-order valence-corrected chi connectivity index (χ1v) is 4.72. The molecule has 1 aromatic carbocycles. The summed E-state index contributed by atoms with van der Waals surface area (Å²) in [5.74, 6) is 0. The second kappa shape index (κ2) is 5.51. The van der Waals surface area contributed by atoms with Gasteiger partial charge in [0.05, 0.1) is 16.6 Å². The molecule has 5 nitrogen and oxygen atoms in total. The summed E-state index contributed by atoms with van der Waals surface area (Å²) in [6.45, 7) is 4.11. The zero-order chi connectivity index (χ0) is 12.0. The van der Waals surface area contributed by atoms with E-state index in [2.05, 4.69) is 11.9 Å². The highest BCUT2D eigenvalue weighted by atomic mass is 16.6. The highest BCUT2D eigenvalue weighted by molar-refractivity contribution is 5.64. The van der Waals surface area contributed by atoms with Crippen molar-refractivity contribution in [3.63, 3.8) is 0 Å². The van der Waals surface area contributed by atoms with Crippen LogP contribution in [0.2, 0.25) is 0 Å². The van der Waals surface area contributed by atoms with Crippen LogP contribution < -0.4 is 5.32 Å².